The van der Waals surface area contributed by atoms with Crippen LogP contribution in [0, 0.1) is 55.4 Å². The van der Waals surface area contributed by atoms with Crippen LogP contribution in [0.4, 0.5) is 0 Å². The average molecular weight is 483 g/mol. The Morgan fingerprint density at radius 2 is 0.710 bits per heavy atom. The summed E-state index contributed by atoms with van der Waals surface area (Å²) in [5.41, 5.74) is 12.0. The molecule has 0 N–H and O–H groups in total. The monoisotopic (exact) mass is 482 g/mol. The first-order chi connectivity index (χ1) is 14.5. The summed E-state index contributed by atoms with van der Waals surface area (Å²) in [6.07, 6.45) is 0. The number of fused-ring (bicyclic) bond motifs is 3. The molecule has 0 saturated heterocycles. The summed E-state index contributed by atoms with van der Waals surface area (Å²) in [4.78, 5) is 11.9. The number of hydrogen-bond acceptors (Lipinski definition) is 4. The summed E-state index contributed by atoms with van der Waals surface area (Å²) < 4.78 is 0. The van der Waals surface area contributed by atoms with Gasteiger partial charge in [0.1, 0.15) is 0 Å². The SMILES string of the molecule is Cc1sc(-c2sc3c(c2C)C(C)(C)c2c-3sc(-c3sc(C)c(C)c3C)c2C)c(C)c1C. The molecule has 0 aromatic carbocycles. The van der Waals surface area contributed by atoms with E-state index in [2.05, 4.69) is 69.2 Å². The Kier molecular flexibility index (Phi) is 4.81. The molecule has 0 amide bonds. The quantitative estimate of drug-likeness (QED) is 0.266. The summed E-state index contributed by atoms with van der Waals surface area (Å²) in [6.45, 7) is 23.3. The molecule has 31 heavy (non-hydrogen) atoms. The molecule has 5 rings (SSSR count). The second kappa shape index (κ2) is 6.90. The van der Waals surface area contributed by atoms with Gasteiger partial charge in [-0.05, 0) is 99.9 Å². The lowest BCUT2D eigenvalue weighted by atomic mass is 9.79. The van der Waals surface area contributed by atoms with Crippen molar-refractivity contribution in [3.05, 3.63) is 54.3 Å². The average Bonchev–Trinajstić information content (AvgIpc) is 3.42. The highest BCUT2D eigenvalue weighted by atomic mass is 32.1. The van der Waals surface area contributed by atoms with E-state index in [1.54, 1.807) is 11.1 Å². The predicted octanol–water partition coefficient (Wildman–Crippen LogP) is 10.0. The van der Waals surface area contributed by atoms with Crippen LogP contribution >= 0.6 is 45.3 Å². The van der Waals surface area contributed by atoms with Gasteiger partial charge in [0.25, 0.3) is 0 Å². The number of hydrogen-bond donors (Lipinski definition) is 0. The fraction of sp³-hybridized carbons (Fsp3) is 0.407. The first-order valence-corrected chi connectivity index (χ1v) is 14.1. The molecule has 1 aliphatic carbocycles. The first kappa shape index (κ1) is 21.6. The minimum Gasteiger partial charge on any atom is -0.139 e. The third kappa shape index (κ3) is 2.75. The van der Waals surface area contributed by atoms with Crippen molar-refractivity contribution in [2.45, 2.75) is 74.7 Å². The van der Waals surface area contributed by atoms with Gasteiger partial charge < -0.3 is 0 Å². The highest BCUT2D eigenvalue weighted by Crippen LogP contribution is 2.62. The molecule has 0 unspecified atom stereocenters. The van der Waals surface area contributed by atoms with Crippen LogP contribution in [-0.4, -0.2) is 0 Å². The van der Waals surface area contributed by atoms with Gasteiger partial charge in [-0.2, -0.15) is 0 Å². The van der Waals surface area contributed by atoms with E-state index in [-0.39, 0.29) is 5.41 Å². The molecular weight excluding hydrogens is 453 g/mol. The smallest absolute Gasteiger partial charge is 0.0496 e. The van der Waals surface area contributed by atoms with E-state index in [4.69, 9.17) is 0 Å². The minimum atomic E-state index is 0.0623. The van der Waals surface area contributed by atoms with E-state index in [1.165, 1.54) is 72.4 Å². The van der Waals surface area contributed by atoms with Gasteiger partial charge in [-0.15, -0.1) is 45.3 Å². The normalized spacial score (nSPS) is 14.4. The Bertz CT molecular complexity index is 1270. The summed E-state index contributed by atoms with van der Waals surface area (Å²) in [5.74, 6) is 0. The molecule has 0 saturated carbocycles. The molecule has 0 fully saturated rings. The highest BCUT2D eigenvalue weighted by molar-refractivity contribution is 7.29. The van der Waals surface area contributed by atoms with Crippen LogP contribution in [0.15, 0.2) is 0 Å². The van der Waals surface area contributed by atoms with Gasteiger partial charge in [0, 0.05) is 44.4 Å². The fourth-order valence-corrected chi connectivity index (χ4v) is 11.2. The predicted molar refractivity (Wildman–Crippen MR) is 144 cm³/mol. The van der Waals surface area contributed by atoms with Gasteiger partial charge in [-0.3, -0.25) is 0 Å². The molecule has 0 aliphatic heterocycles. The van der Waals surface area contributed by atoms with E-state index in [1.807, 2.05) is 45.3 Å². The van der Waals surface area contributed by atoms with E-state index >= 15 is 0 Å². The van der Waals surface area contributed by atoms with Crippen LogP contribution in [0.25, 0.3) is 29.3 Å². The molecule has 4 heterocycles. The van der Waals surface area contributed by atoms with Crippen molar-refractivity contribution >= 4 is 45.3 Å². The third-order valence-corrected chi connectivity index (χ3v) is 13.2. The van der Waals surface area contributed by atoms with Crippen molar-refractivity contribution in [2.24, 2.45) is 0 Å². The highest BCUT2D eigenvalue weighted by Gasteiger charge is 2.43. The molecule has 162 valence electrons. The number of rotatable bonds is 2. The van der Waals surface area contributed by atoms with Crippen molar-refractivity contribution in [1.29, 1.82) is 0 Å². The summed E-state index contributed by atoms with van der Waals surface area (Å²) >= 11 is 8.02. The Hall–Kier alpha value is -1.20. The molecule has 0 spiro atoms. The van der Waals surface area contributed by atoms with Crippen LogP contribution in [0.3, 0.4) is 0 Å². The Labute approximate surface area is 202 Å². The maximum atomic E-state index is 2.44. The van der Waals surface area contributed by atoms with Gasteiger partial charge in [0.15, 0.2) is 0 Å². The lowest BCUT2D eigenvalue weighted by molar-refractivity contribution is 0.655. The Morgan fingerprint density at radius 3 is 1.00 bits per heavy atom. The maximum Gasteiger partial charge on any atom is 0.0496 e. The second-order valence-electron chi connectivity index (χ2n) is 9.62. The molecule has 4 aromatic rings. The van der Waals surface area contributed by atoms with Crippen molar-refractivity contribution < 1.29 is 0 Å². The van der Waals surface area contributed by atoms with E-state index in [0.29, 0.717) is 0 Å². The lowest BCUT2D eigenvalue weighted by Gasteiger charge is -2.23. The first-order valence-electron chi connectivity index (χ1n) is 10.9. The maximum absolute atomic E-state index is 2.44. The third-order valence-electron chi connectivity index (χ3n) is 7.53. The molecule has 0 nitrogen and oxygen atoms in total. The van der Waals surface area contributed by atoms with E-state index in [0.717, 1.165) is 0 Å². The molecule has 4 aromatic heterocycles. The lowest BCUT2D eigenvalue weighted by Crippen LogP contribution is -2.16. The van der Waals surface area contributed by atoms with Crippen LogP contribution < -0.4 is 0 Å². The molecule has 0 radical (unpaired) electrons. The van der Waals surface area contributed by atoms with Crippen molar-refractivity contribution in [3.8, 4) is 29.3 Å². The van der Waals surface area contributed by atoms with Crippen LogP contribution in [-0.2, 0) is 5.41 Å². The van der Waals surface area contributed by atoms with Crippen LogP contribution in [0.5, 0.6) is 0 Å². The largest absolute Gasteiger partial charge is 0.139 e. The summed E-state index contributed by atoms with van der Waals surface area (Å²) in [5, 5.41) is 0. The van der Waals surface area contributed by atoms with Crippen LogP contribution in [0.2, 0.25) is 0 Å². The number of aryl methyl sites for hydroxylation is 2. The Balaban J connectivity index is 1.76. The topological polar surface area (TPSA) is 0 Å². The molecule has 0 atom stereocenters. The standard InChI is InChI=1S/C27H30S4/c1-11-13(3)21(28-17(11)7)23-15(5)19-25(30-23)26-20(27(19,9)10)16(6)24(31-26)22-14(4)12(2)18(8)29-22/h1-10H3. The summed E-state index contributed by atoms with van der Waals surface area (Å²) in [7, 11) is 0. The van der Waals surface area contributed by atoms with Gasteiger partial charge in [0.2, 0.25) is 0 Å². The number of thiophene rings is 4. The Morgan fingerprint density at radius 1 is 0.387 bits per heavy atom. The van der Waals surface area contributed by atoms with Gasteiger partial charge in [-0.25, -0.2) is 0 Å². The fourth-order valence-electron chi connectivity index (χ4n) is 5.32. The van der Waals surface area contributed by atoms with Gasteiger partial charge >= 0.3 is 0 Å². The van der Waals surface area contributed by atoms with Gasteiger partial charge in [0.05, 0.1) is 0 Å². The van der Waals surface area contributed by atoms with Crippen molar-refractivity contribution in [1.82, 2.24) is 0 Å². The molecule has 4 heteroatoms. The van der Waals surface area contributed by atoms with Crippen molar-refractivity contribution in [2.75, 3.05) is 0 Å². The van der Waals surface area contributed by atoms with E-state index in [9.17, 15) is 0 Å². The van der Waals surface area contributed by atoms with Crippen molar-refractivity contribution in [3.63, 3.8) is 0 Å². The zero-order valence-electron chi connectivity index (χ0n) is 20.1. The minimum absolute atomic E-state index is 0.0623. The molecule has 1 aliphatic rings. The molecule has 0 bridgehead atoms. The van der Waals surface area contributed by atoms with Crippen LogP contribution in [0.1, 0.15) is 68.1 Å². The summed E-state index contributed by atoms with van der Waals surface area (Å²) in [6, 6.07) is 0. The zero-order valence-corrected chi connectivity index (χ0v) is 23.4. The molecular formula is C27H30S4. The zero-order chi connectivity index (χ0) is 22.6. The van der Waals surface area contributed by atoms with Gasteiger partial charge in [-0.1, -0.05) is 13.8 Å². The second-order valence-corrected chi connectivity index (χ2v) is 14.1. The van der Waals surface area contributed by atoms with E-state index < -0.39 is 0 Å².